The molecule has 1 aromatic carbocycles. The maximum Gasteiger partial charge on any atom is 0.433 e. The number of hydrogen-bond donors (Lipinski definition) is 0. The largest absolute Gasteiger partial charge is 0.433 e. The number of hydrogen-bond acceptors (Lipinski definition) is 4. The van der Waals surface area contributed by atoms with Gasteiger partial charge in [0.05, 0.1) is 4.90 Å². The van der Waals surface area contributed by atoms with Gasteiger partial charge in [-0.25, -0.2) is 17.2 Å². The van der Waals surface area contributed by atoms with Gasteiger partial charge in [0.15, 0.2) is 9.84 Å². The average Bonchev–Trinajstić information content (AvgIpc) is 2.64. The molecular weight excluding hydrogens is 405 g/mol. The number of halogens is 5. The van der Waals surface area contributed by atoms with Crippen molar-refractivity contribution in [3.05, 3.63) is 59.4 Å². The Morgan fingerprint density at radius 2 is 1.64 bits per heavy atom. The first-order valence-corrected chi connectivity index (χ1v) is 9.71. The van der Waals surface area contributed by atoms with Crippen LogP contribution in [0.3, 0.4) is 0 Å². The fraction of sp³-hybridized carbons (Fsp3) is 0.333. The molecule has 1 fully saturated rings. The zero-order chi connectivity index (χ0) is 20.7. The summed E-state index contributed by atoms with van der Waals surface area (Å²) in [6.07, 6.45) is -5.18. The maximum absolute atomic E-state index is 14.5. The minimum atomic E-state index is -4.76. The molecule has 0 amide bonds. The Morgan fingerprint density at radius 3 is 2.18 bits per heavy atom. The summed E-state index contributed by atoms with van der Waals surface area (Å²) in [5.41, 5.74) is -1.73. The van der Waals surface area contributed by atoms with Crippen LogP contribution in [0.5, 0.6) is 0 Å². The van der Waals surface area contributed by atoms with E-state index in [0.29, 0.717) is 12.3 Å². The van der Waals surface area contributed by atoms with Crippen LogP contribution in [0.25, 0.3) is 0 Å². The number of rotatable bonds is 3. The summed E-state index contributed by atoms with van der Waals surface area (Å²) in [6, 6.07) is 3.60. The molecule has 0 aliphatic heterocycles. The quantitative estimate of drug-likeness (QED) is 0.700. The summed E-state index contributed by atoms with van der Waals surface area (Å²) >= 11 is 0. The van der Waals surface area contributed by atoms with Gasteiger partial charge >= 0.3 is 6.18 Å². The molecule has 0 spiro atoms. The fourth-order valence-corrected chi connectivity index (χ4v) is 5.47. The number of alkyl halides is 3. The first kappa shape index (κ1) is 20.4. The molecule has 28 heavy (non-hydrogen) atoms. The smallest absolute Gasteiger partial charge is 0.300 e. The molecule has 1 aliphatic carbocycles. The third-order valence-electron chi connectivity index (χ3n) is 4.89. The van der Waals surface area contributed by atoms with Crippen molar-refractivity contribution >= 4 is 15.6 Å². The van der Waals surface area contributed by atoms with E-state index in [2.05, 4.69) is 4.98 Å². The highest BCUT2D eigenvalue weighted by Gasteiger charge is 2.50. The SMILES string of the molecule is O=C1CCC(c2cc(F)ccc2F)(S(=O)(=O)c2ccc(C(F)(F)F)nc2)CC1. The van der Waals surface area contributed by atoms with Crippen molar-refractivity contribution in [2.45, 2.75) is 41.5 Å². The molecule has 10 heteroatoms. The lowest BCUT2D eigenvalue weighted by Crippen LogP contribution is -2.41. The third kappa shape index (κ3) is 3.41. The van der Waals surface area contributed by atoms with Crippen LogP contribution in [-0.4, -0.2) is 19.2 Å². The molecule has 4 nitrogen and oxygen atoms in total. The van der Waals surface area contributed by atoms with Crippen LogP contribution in [0.1, 0.15) is 36.9 Å². The minimum Gasteiger partial charge on any atom is -0.300 e. The van der Waals surface area contributed by atoms with E-state index < -0.39 is 48.5 Å². The van der Waals surface area contributed by atoms with Gasteiger partial charge in [-0.1, -0.05) is 0 Å². The second-order valence-electron chi connectivity index (χ2n) is 6.54. The Labute approximate surface area is 157 Å². The number of ketones is 1. The highest BCUT2D eigenvalue weighted by Crippen LogP contribution is 2.47. The number of aromatic nitrogens is 1. The van der Waals surface area contributed by atoms with Crippen molar-refractivity contribution in [3.8, 4) is 0 Å². The van der Waals surface area contributed by atoms with E-state index in [1.165, 1.54) is 0 Å². The van der Waals surface area contributed by atoms with E-state index in [9.17, 15) is 35.2 Å². The number of nitrogens with zero attached hydrogens (tertiary/aromatic N) is 1. The predicted molar refractivity (Wildman–Crippen MR) is 87.9 cm³/mol. The van der Waals surface area contributed by atoms with Crippen molar-refractivity contribution in [1.82, 2.24) is 4.98 Å². The van der Waals surface area contributed by atoms with Crippen molar-refractivity contribution in [3.63, 3.8) is 0 Å². The summed E-state index contributed by atoms with van der Waals surface area (Å²) in [5, 5.41) is 0. The average molecular weight is 419 g/mol. The predicted octanol–water partition coefficient (Wildman–Crippen LogP) is 4.19. The molecule has 3 rings (SSSR count). The first-order chi connectivity index (χ1) is 13.0. The van der Waals surface area contributed by atoms with Gasteiger partial charge in [0, 0.05) is 24.6 Å². The number of pyridine rings is 1. The van der Waals surface area contributed by atoms with Crippen LogP contribution in [0, 0.1) is 11.6 Å². The van der Waals surface area contributed by atoms with Crippen LogP contribution in [0.2, 0.25) is 0 Å². The number of carbonyl (C=O) groups excluding carboxylic acids is 1. The first-order valence-electron chi connectivity index (χ1n) is 8.22. The van der Waals surface area contributed by atoms with E-state index in [0.717, 1.165) is 24.3 Å². The van der Waals surface area contributed by atoms with E-state index >= 15 is 0 Å². The van der Waals surface area contributed by atoms with E-state index in [-0.39, 0.29) is 31.5 Å². The summed E-state index contributed by atoms with van der Waals surface area (Å²) < 4.78 is 91.0. The Balaban J connectivity index is 2.17. The van der Waals surface area contributed by atoms with Crippen LogP contribution >= 0.6 is 0 Å². The highest BCUT2D eigenvalue weighted by molar-refractivity contribution is 7.92. The Hall–Kier alpha value is -2.36. The normalized spacial score (nSPS) is 17.5. The summed E-state index contributed by atoms with van der Waals surface area (Å²) in [7, 11) is -4.49. The topological polar surface area (TPSA) is 64.1 Å². The molecule has 2 aromatic rings. The standard InChI is InChI=1S/C18H14F5NO3S/c19-11-1-3-15(20)14(9-11)17(7-5-12(25)6-8-17)28(26,27)13-2-4-16(24-10-13)18(21,22)23/h1-4,9-10H,5-8H2. The molecule has 0 atom stereocenters. The van der Waals surface area contributed by atoms with Crippen LogP contribution < -0.4 is 0 Å². The fourth-order valence-electron chi connectivity index (χ4n) is 3.39. The number of Topliss-reactive ketones (excluding diaryl/α,β-unsaturated/α-hetero) is 1. The summed E-state index contributed by atoms with van der Waals surface area (Å²) in [4.78, 5) is 14.2. The van der Waals surface area contributed by atoms with Gasteiger partial charge in [-0.05, 0) is 43.2 Å². The highest BCUT2D eigenvalue weighted by atomic mass is 32.2. The number of sulfone groups is 1. The van der Waals surface area contributed by atoms with Crippen molar-refractivity contribution < 1.29 is 35.2 Å². The summed E-state index contributed by atoms with van der Waals surface area (Å²) in [5.74, 6) is -2.07. The number of carbonyl (C=O) groups is 1. The van der Waals surface area contributed by atoms with Gasteiger partial charge in [0.25, 0.3) is 0 Å². The zero-order valence-corrected chi connectivity index (χ0v) is 15.1. The molecule has 0 N–H and O–H groups in total. The molecule has 1 aliphatic rings. The molecule has 0 saturated heterocycles. The molecule has 1 heterocycles. The molecule has 1 saturated carbocycles. The zero-order valence-electron chi connectivity index (χ0n) is 14.3. The minimum absolute atomic E-state index is 0.177. The number of benzene rings is 1. The van der Waals surface area contributed by atoms with Gasteiger partial charge in [-0.3, -0.25) is 9.78 Å². The molecule has 0 radical (unpaired) electrons. The molecular formula is C18H14F5NO3S. The van der Waals surface area contributed by atoms with E-state index in [1.54, 1.807) is 0 Å². The van der Waals surface area contributed by atoms with E-state index in [1.807, 2.05) is 0 Å². The van der Waals surface area contributed by atoms with E-state index in [4.69, 9.17) is 0 Å². The van der Waals surface area contributed by atoms with Gasteiger partial charge in [-0.2, -0.15) is 13.2 Å². The second kappa shape index (κ2) is 6.91. The Morgan fingerprint density at radius 1 is 1.00 bits per heavy atom. The van der Waals surface area contributed by atoms with Gasteiger partial charge in [0.1, 0.15) is 27.9 Å². The molecule has 0 bridgehead atoms. The van der Waals surface area contributed by atoms with Crippen molar-refractivity contribution in [2.24, 2.45) is 0 Å². The Bertz CT molecular complexity index is 1010. The van der Waals surface area contributed by atoms with Crippen LogP contribution in [0.15, 0.2) is 41.4 Å². The molecule has 1 aromatic heterocycles. The maximum atomic E-state index is 14.5. The Kier molecular flexibility index (Phi) is 5.03. The lowest BCUT2D eigenvalue weighted by molar-refractivity contribution is -0.141. The van der Waals surface area contributed by atoms with Crippen molar-refractivity contribution in [1.29, 1.82) is 0 Å². The lowest BCUT2D eigenvalue weighted by Gasteiger charge is -2.36. The summed E-state index contributed by atoms with van der Waals surface area (Å²) in [6.45, 7) is 0. The van der Waals surface area contributed by atoms with Crippen LogP contribution in [-0.2, 0) is 25.6 Å². The monoisotopic (exact) mass is 419 g/mol. The second-order valence-corrected chi connectivity index (χ2v) is 8.80. The van der Waals surface area contributed by atoms with Gasteiger partial charge < -0.3 is 0 Å². The third-order valence-corrected chi connectivity index (χ3v) is 7.41. The molecule has 0 unspecified atom stereocenters. The van der Waals surface area contributed by atoms with Crippen molar-refractivity contribution in [2.75, 3.05) is 0 Å². The van der Waals surface area contributed by atoms with Gasteiger partial charge in [-0.15, -0.1) is 0 Å². The van der Waals surface area contributed by atoms with Gasteiger partial charge in [0.2, 0.25) is 0 Å². The lowest BCUT2D eigenvalue weighted by atomic mass is 9.82. The van der Waals surface area contributed by atoms with Crippen LogP contribution in [0.4, 0.5) is 22.0 Å². The molecule has 150 valence electrons.